The first-order chi connectivity index (χ1) is 8.51. The number of nitrogens with one attached hydrogen (secondary N) is 1. The number of rotatable bonds is 4. The normalized spacial score (nSPS) is 23.8. The molecule has 1 aliphatic heterocycles. The van der Waals surface area contributed by atoms with Crippen LogP contribution in [0.4, 0.5) is 4.39 Å². The van der Waals surface area contributed by atoms with Gasteiger partial charge in [0.1, 0.15) is 5.82 Å². The molecule has 3 heteroatoms. The molecule has 0 bridgehead atoms. The average molecular weight is 270 g/mol. The molecule has 0 amide bonds. The van der Waals surface area contributed by atoms with Crippen molar-refractivity contribution >= 4 is 11.6 Å². The first kappa shape index (κ1) is 13.8. The zero-order valence-electron chi connectivity index (χ0n) is 11.1. The molecule has 18 heavy (non-hydrogen) atoms. The fraction of sp³-hybridized carbons (Fsp3) is 0.600. The molecule has 0 aromatic heterocycles. The highest BCUT2D eigenvalue weighted by Crippen LogP contribution is 2.31. The van der Waals surface area contributed by atoms with Gasteiger partial charge in [0.25, 0.3) is 0 Å². The van der Waals surface area contributed by atoms with Gasteiger partial charge in [0, 0.05) is 10.6 Å². The summed E-state index contributed by atoms with van der Waals surface area (Å²) in [7, 11) is 0. The van der Waals surface area contributed by atoms with Crippen molar-refractivity contribution in [1.29, 1.82) is 0 Å². The third-order valence-electron chi connectivity index (χ3n) is 3.68. The first-order valence-electron chi connectivity index (χ1n) is 6.70. The van der Waals surface area contributed by atoms with Crippen LogP contribution in [0.15, 0.2) is 18.2 Å². The Kier molecular flexibility index (Phi) is 4.29. The summed E-state index contributed by atoms with van der Waals surface area (Å²) in [5.41, 5.74) is 0.845. The Morgan fingerprint density at radius 3 is 2.78 bits per heavy atom. The van der Waals surface area contributed by atoms with Crippen LogP contribution in [0.25, 0.3) is 0 Å². The second-order valence-electron chi connectivity index (χ2n) is 5.82. The van der Waals surface area contributed by atoms with Crippen molar-refractivity contribution < 1.29 is 4.39 Å². The maximum absolute atomic E-state index is 13.9. The molecule has 1 atom stereocenters. The fourth-order valence-corrected chi connectivity index (χ4v) is 3.24. The van der Waals surface area contributed by atoms with Crippen molar-refractivity contribution in [2.24, 2.45) is 5.92 Å². The average Bonchev–Trinajstić information content (AvgIpc) is 2.70. The Labute approximate surface area is 114 Å². The largest absolute Gasteiger partial charge is 0.311 e. The minimum atomic E-state index is -0.181. The van der Waals surface area contributed by atoms with Crippen molar-refractivity contribution in [3.05, 3.63) is 34.6 Å². The molecule has 100 valence electrons. The van der Waals surface area contributed by atoms with Crippen LogP contribution in [0.3, 0.4) is 0 Å². The molecule has 0 spiro atoms. The van der Waals surface area contributed by atoms with Crippen LogP contribution in [-0.4, -0.2) is 12.1 Å². The van der Waals surface area contributed by atoms with E-state index < -0.39 is 0 Å². The van der Waals surface area contributed by atoms with E-state index in [1.165, 1.54) is 12.5 Å². The van der Waals surface area contributed by atoms with Gasteiger partial charge in [-0.05, 0) is 55.8 Å². The van der Waals surface area contributed by atoms with Crippen LogP contribution in [0.5, 0.6) is 0 Å². The standard InChI is InChI=1S/C15H21ClFN/c1-11(2)9-15(6-3-7-18-15)10-12-4-5-13(16)8-14(12)17/h4-5,8,11,18H,3,6-7,9-10H2,1-2H3. The van der Waals surface area contributed by atoms with Gasteiger partial charge in [0.05, 0.1) is 0 Å². The summed E-state index contributed by atoms with van der Waals surface area (Å²) in [6, 6.07) is 5.01. The Morgan fingerprint density at radius 1 is 1.44 bits per heavy atom. The molecule has 1 fully saturated rings. The molecule has 1 nitrogen and oxygen atoms in total. The van der Waals surface area contributed by atoms with Gasteiger partial charge in [-0.3, -0.25) is 0 Å². The summed E-state index contributed by atoms with van der Waals surface area (Å²) in [6.07, 6.45) is 4.17. The van der Waals surface area contributed by atoms with Crippen molar-refractivity contribution in [3.63, 3.8) is 0 Å². The predicted octanol–water partition coefficient (Wildman–Crippen LogP) is 4.19. The third kappa shape index (κ3) is 3.24. The number of halogens is 2. The van der Waals surface area contributed by atoms with E-state index in [0.29, 0.717) is 10.9 Å². The first-order valence-corrected chi connectivity index (χ1v) is 7.07. The van der Waals surface area contributed by atoms with E-state index in [0.717, 1.165) is 31.4 Å². The highest BCUT2D eigenvalue weighted by atomic mass is 35.5. The Balaban J connectivity index is 2.18. The van der Waals surface area contributed by atoms with Gasteiger partial charge in [-0.15, -0.1) is 0 Å². The van der Waals surface area contributed by atoms with Gasteiger partial charge in [0.15, 0.2) is 0 Å². The molecule has 2 rings (SSSR count). The number of benzene rings is 1. The highest BCUT2D eigenvalue weighted by molar-refractivity contribution is 6.30. The van der Waals surface area contributed by atoms with Crippen molar-refractivity contribution in [2.75, 3.05) is 6.54 Å². The van der Waals surface area contributed by atoms with E-state index in [1.54, 1.807) is 6.07 Å². The van der Waals surface area contributed by atoms with E-state index in [2.05, 4.69) is 19.2 Å². The second kappa shape index (κ2) is 5.58. The summed E-state index contributed by atoms with van der Waals surface area (Å²) < 4.78 is 13.9. The summed E-state index contributed by atoms with van der Waals surface area (Å²) >= 11 is 5.80. The summed E-state index contributed by atoms with van der Waals surface area (Å²) in [5, 5.41) is 4.06. The number of hydrogen-bond donors (Lipinski definition) is 1. The summed E-state index contributed by atoms with van der Waals surface area (Å²) in [6.45, 7) is 5.49. The number of hydrogen-bond acceptors (Lipinski definition) is 1. The van der Waals surface area contributed by atoms with E-state index in [-0.39, 0.29) is 11.4 Å². The lowest BCUT2D eigenvalue weighted by Gasteiger charge is -2.32. The van der Waals surface area contributed by atoms with Crippen LogP contribution in [0, 0.1) is 11.7 Å². The fourth-order valence-electron chi connectivity index (χ4n) is 3.08. The summed E-state index contributed by atoms with van der Waals surface area (Å²) in [4.78, 5) is 0. The SMILES string of the molecule is CC(C)CC1(Cc2ccc(Cl)cc2F)CCCN1. The zero-order chi connectivity index (χ0) is 13.2. The van der Waals surface area contributed by atoms with E-state index in [4.69, 9.17) is 11.6 Å². The topological polar surface area (TPSA) is 12.0 Å². The smallest absolute Gasteiger partial charge is 0.127 e. The molecule has 0 saturated carbocycles. The van der Waals surface area contributed by atoms with Gasteiger partial charge in [-0.2, -0.15) is 0 Å². The van der Waals surface area contributed by atoms with Crippen LogP contribution >= 0.6 is 11.6 Å². The molecule has 1 aromatic carbocycles. The van der Waals surface area contributed by atoms with Crippen LogP contribution in [0.2, 0.25) is 5.02 Å². The molecule has 0 aliphatic carbocycles. The highest BCUT2D eigenvalue weighted by Gasteiger charge is 2.34. The van der Waals surface area contributed by atoms with Gasteiger partial charge in [-0.1, -0.05) is 31.5 Å². The van der Waals surface area contributed by atoms with Crippen molar-refractivity contribution in [2.45, 2.75) is 45.1 Å². The molecule has 1 aliphatic rings. The Morgan fingerprint density at radius 2 is 2.22 bits per heavy atom. The van der Waals surface area contributed by atoms with E-state index in [9.17, 15) is 4.39 Å². The minimum Gasteiger partial charge on any atom is -0.311 e. The Bertz CT molecular complexity index is 411. The molecular weight excluding hydrogens is 249 g/mol. The quantitative estimate of drug-likeness (QED) is 0.864. The maximum Gasteiger partial charge on any atom is 0.127 e. The van der Waals surface area contributed by atoms with Crippen molar-refractivity contribution in [3.8, 4) is 0 Å². The van der Waals surface area contributed by atoms with Crippen LogP contribution < -0.4 is 5.32 Å². The zero-order valence-corrected chi connectivity index (χ0v) is 11.9. The molecule has 1 saturated heterocycles. The summed E-state index contributed by atoms with van der Waals surface area (Å²) in [5.74, 6) is 0.435. The predicted molar refractivity (Wildman–Crippen MR) is 74.5 cm³/mol. The lowest BCUT2D eigenvalue weighted by atomic mass is 9.82. The van der Waals surface area contributed by atoms with Gasteiger partial charge >= 0.3 is 0 Å². The monoisotopic (exact) mass is 269 g/mol. The van der Waals surface area contributed by atoms with Crippen LogP contribution in [-0.2, 0) is 6.42 Å². The third-order valence-corrected chi connectivity index (χ3v) is 3.91. The van der Waals surface area contributed by atoms with E-state index >= 15 is 0 Å². The lowest BCUT2D eigenvalue weighted by Crippen LogP contribution is -2.43. The van der Waals surface area contributed by atoms with Crippen molar-refractivity contribution in [1.82, 2.24) is 5.32 Å². The molecule has 0 radical (unpaired) electrons. The van der Waals surface area contributed by atoms with Gasteiger partial charge in [0.2, 0.25) is 0 Å². The molecule has 1 unspecified atom stereocenters. The maximum atomic E-state index is 13.9. The molecule has 1 N–H and O–H groups in total. The van der Waals surface area contributed by atoms with Gasteiger partial charge < -0.3 is 5.32 Å². The second-order valence-corrected chi connectivity index (χ2v) is 6.26. The molecular formula is C15H21ClFN. The minimum absolute atomic E-state index is 0.0723. The Hall–Kier alpha value is -0.600. The van der Waals surface area contributed by atoms with E-state index in [1.807, 2.05) is 6.07 Å². The lowest BCUT2D eigenvalue weighted by molar-refractivity contribution is 0.298. The molecule has 1 aromatic rings. The van der Waals surface area contributed by atoms with Crippen LogP contribution in [0.1, 0.15) is 38.7 Å². The molecule has 1 heterocycles. The van der Waals surface area contributed by atoms with Gasteiger partial charge in [-0.25, -0.2) is 4.39 Å².